The number of fused-ring (bicyclic) bond motifs is 1. The van der Waals surface area contributed by atoms with Crippen LogP contribution in [0.1, 0.15) is 22.3 Å². The zero-order chi connectivity index (χ0) is 17.8. The van der Waals surface area contributed by atoms with E-state index in [-0.39, 0.29) is 42.4 Å². The van der Waals surface area contributed by atoms with Gasteiger partial charge in [-0.2, -0.15) is 0 Å². The fourth-order valence-electron chi connectivity index (χ4n) is 2.97. The van der Waals surface area contributed by atoms with Crippen molar-refractivity contribution in [1.82, 2.24) is 4.90 Å². The molecule has 2 aromatic carbocycles. The normalized spacial score (nSPS) is 13.6. The van der Waals surface area contributed by atoms with E-state index in [1.54, 1.807) is 0 Å². The van der Waals surface area contributed by atoms with Gasteiger partial charge in [-0.05, 0) is 54.7 Å². The van der Waals surface area contributed by atoms with Gasteiger partial charge in [-0.15, -0.1) is 24.0 Å². The quantitative estimate of drug-likeness (QED) is 0.417. The van der Waals surface area contributed by atoms with Crippen molar-refractivity contribution >= 4 is 41.5 Å². The Morgan fingerprint density at radius 3 is 2.62 bits per heavy atom. The Morgan fingerprint density at radius 2 is 1.88 bits per heavy atom. The second-order valence-corrected chi connectivity index (χ2v) is 6.46. The van der Waals surface area contributed by atoms with Crippen LogP contribution < -0.4 is 11.1 Å². The molecule has 3 N–H and O–H groups in total. The smallest absolute Gasteiger partial charge is 0.244 e. The van der Waals surface area contributed by atoms with E-state index in [9.17, 15) is 4.79 Å². The number of aryl methyl sites for hydroxylation is 2. The summed E-state index contributed by atoms with van der Waals surface area (Å²) >= 11 is 0. The number of nitrogens with one attached hydrogen (secondary N) is 1. The molecular weight excluding hydrogens is 439 g/mol. The van der Waals surface area contributed by atoms with E-state index in [4.69, 9.17) is 5.73 Å². The van der Waals surface area contributed by atoms with E-state index in [0.717, 1.165) is 18.7 Å². The number of nitrogens with zero attached hydrogens (tertiary/aromatic N) is 2. The van der Waals surface area contributed by atoms with Gasteiger partial charge >= 0.3 is 0 Å². The maximum Gasteiger partial charge on any atom is 0.244 e. The number of aliphatic imine (C=N–C) groups is 1. The average Bonchev–Trinajstić information content (AvgIpc) is 2.62. The molecule has 0 aliphatic carbocycles. The number of anilines is 1. The maximum atomic E-state index is 12.4. The minimum absolute atomic E-state index is 0. The molecule has 0 aromatic heterocycles. The number of nitrogens with two attached hydrogens (primary N) is 1. The summed E-state index contributed by atoms with van der Waals surface area (Å²) in [5, 5.41) is 3.04. The van der Waals surface area contributed by atoms with Gasteiger partial charge in [0.2, 0.25) is 5.91 Å². The van der Waals surface area contributed by atoms with Crippen LogP contribution in [0, 0.1) is 13.8 Å². The molecule has 1 amide bonds. The standard InChI is InChI=1S/C20H24N4O.HI/c1-14-7-8-18(11-15(14)2)23-20(21)22-12-19(25)24-10-9-16-5-3-4-6-17(16)13-24;/h3-8,11H,9-10,12-13H2,1-2H3,(H3,21,22,23);1H. The first-order chi connectivity index (χ1) is 12.0. The molecule has 0 saturated heterocycles. The van der Waals surface area contributed by atoms with E-state index in [0.29, 0.717) is 6.54 Å². The molecular formula is C20H25IN4O. The van der Waals surface area contributed by atoms with Crippen molar-refractivity contribution in [2.75, 3.05) is 18.4 Å². The molecule has 0 fully saturated rings. The summed E-state index contributed by atoms with van der Waals surface area (Å²) in [7, 11) is 0. The lowest BCUT2D eigenvalue weighted by molar-refractivity contribution is -0.130. The van der Waals surface area contributed by atoms with Crippen LogP contribution in [0.4, 0.5) is 5.69 Å². The van der Waals surface area contributed by atoms with Crippen LogP contribution in [-0.4, -0.2) is 29.9 Å². The monoisotopic (exact) mass is 464 g/mol. The first kappa shape index (κ1) is 20.2. The second-order valence-electron chi connectivity index (χ2n) is 6.46. The first-order valence-electron chi connectivity index (χ1n) is 8.51. The molecule has 0 saturated carbocycles. The van der Waals surface area contributed by atoms with Crippen LogP contribution >= 0.6 is 24.0 Å². The maximum absolute atomic E-state index is 12.4. The van der Waals surface area contributed by atoms with Crippen LogP contribution in [0.15, 0.2) is 47.5 Å². The van der Waals surface area contributed by atoms with E-state index in [1.165, 1.54) is 22.3 Å². The van der Waals surface area contributed by atoms with Crippen LogP contribution in [0.5, 0.6) is 0 Å². The Balaban J connectivity index is 0.00000243. The van der Waals surface area contributed by atoms with Crippen molar-refractivity contribution in [3.8, 4) is 0 Å². The highest BCUT2D eigenvalue weighted by molar-refractivity contribution is 14.0. The number of amides is 1. The molecule has 0 radical (unpaired) electrons. The molecule has 2 aromatic rings. The predicted octanol–water partition coefficient (Wildman–Crippen LogP) is 3.23. The van der Waals surface area contributed by atoms with E-state index in [1.807, 2.05) is 42.2 Å². The third kappa shape index (κ3) is 4.97. The zero-order valence-electron chi connectivity index (χ0n) is 15.2. The first-order valence-corrected chi connectivity index (χ1v) is 8.51. The fourth-order valence-corrected chi connectivity index (χ4v) is 2.97. The van der Waals surface area contributed by atoms with Gasteiger partial charge in [0.1, 0.15) is 6.54 Å². The average molecular weight is 464 g/mol. The van der Waals surface area contributed by atoms with E-state index in [2.05, 4.69) is 29.4 Å². The highest BCUT2D eigenvalue weighted by Gasteiger charge is 2.19. The second kappa shape index (κ2) is 9.02. The summed E-state index contributed by atoms with van der Waals surface area (Å²) in [5.74, 6) is 0.258. The Morgan fingerprint density at radius 1 is 1.15 bits per heavy atom. The summed E-state index contributed by atoms with van der Waals surface area (Å²) in [6, 6.07) is 14.3. The molecule has 1 heterocycles. The summed E-state index contributed by atoms with van der Waals surface area (Å²) < 4.78 is 0. The third-order valence-corrected chi connectivity index (χ3v) is 4.65. The minimum atomic E-state index is -0.000611. The van der Waals surface area contributed by atoms with Crippen molar-refractivity contribution < 1.29 is 4.79 Å². The number of hydrogen-bond acceptors (Lipinski definition) is 2. The number of benzene rings is 2. The predicted molar refractivity (Wildman–Crippen MR) is 117 cm³/mol. The van der Waals surface area contributed by atoms with Crippen molar-refractivity contribution in [2.24, 2.45) is 10.7 Å². The molecule has 138 valence electrons. The van der Waals surface area contributed by atoms with Crippen molar-refractivity contribution in [3.05, 3.63) is 64.7 Å². The third-order valence-electron chi connectivity index (χ3n) is 4.65. The number of halogens is 1. The lowest BCUT2D eigenvalue weighted by Crippen LogP contribution is -2.38. The van der Waals surface area contributed by atoms with Crippen LogP contribution in [0.3, 0.4) is 0 Å². The molecule has 6 heteroatoms. The SMILES string of the molecule is Cc1ccc(NC(N)=NCC(=O)N2CCc3ccccc3C2)cc1C.I. The summed E-state index contributed by atoms with van der Waals surface area (Å²) in [6.07, 6.45) is 0.891. The molecule has 0 bridgehead atoms. The number of hydrogen-bond donors (Lipinski definition) is 2. The van der Waals surface area contributed by atoms with Crippen LogP contribution in [0.25, 0.3) is 0 Å². The zero-order valence-corrected chi connectivity index (χ0v) is 17.5. The largest absolute Gasteiger partial charge is 0.370 e. The summed E-state index contributed by atoms with van der Waals surface area (Å²) in [6.45, 7) is 5.55. The Kier molecular flexibility index (Phi) is 7.02. The van der Waals surface area contributed by atoms with Crippen molar-refractivity contribution in [1.29, 1.82) is 0 Å². The highest BCUT2D eigenvalue weighted by Crippen LogP contribution is 2.18. The molecule has 1 aliphatic rings. The van der Waals surface area contributed by atoms with E-state index < -0.39 is 0 Å². The lowest BCUT2D eigenvalue weighted by Gasteiger charge is -2.28. The highest BCUT2D eigenvalue weighted by atomic mass is 127. The van der Waals surface area contributed by atoms with Crippen molar-refractivity contribution in [2.45, 2.75) is 26.8 Å². The number of carbonyl (C=O) groups is 1. The van der Waals surface area contributed by atoms with Crippen molar-refractivity contribution in [3.63, 3.8) is 0 Å². The molecule has 5 nitrogen and oxygen atoms in total. The topological polar surface area (TPSA) is 70.7 Å². The molecule has 3 rings (SSSR count). The minimum Gasteiger partial charge on any atom is -0.370 e. The number of carbonyl (C=O) groups excluding carboxylic acids is 1. The Hall–Kier alpha value is -2.09. The molecule has 1 aliphatic heterocycles. The van der Waals surface area contributed by atoms with Gasteiger partial charge in [-0.25, -0.2) is 4.99 Å². The number of rotatable bonds is 3. The van der Waals surface area contributed by atoms with Gasteiger partial charge in [0.15, 0.2) is 5.96 Å². The van der Waals surface area contributed by atoms with Gasteiger partial charge < -0.3 is 16.0 Å². The van der Waals surface area contributed by atoms with Gasteiger partial charge in [0, 0.05) is 18.8 Å². The molecule has 26 heavy (non-hydrogen) atoms. The van der Waals surface area contributed by atoms with Gasteiger partial charge in [-0.3, -0.25) is 4.79 Å². The lowest BCUT2D eigenvalue weighted by atomic mass is 10.00. The van der Waals surface area contributed by atoms with Crippen LogP contribution in [0.2, 0.25) is 0 Å². The number of guanidine groups is 1. The Bertz CT molecular complexity index is 819. The van der Waals surface area contributed by atoms with Crippen LogP contribution in [-0.2, 0) is 17.8 Å². The summed E-state index contributed by atoms with van der Waals surface area (Å²) in [5.41, 5.74) is 11.7. The van der Waals surface area contributed by atoms with Gasteiger partial charge in [-0.1, -0.05) is 30.3 Å². The van der Waals surface area contributed by atoms with Gasteiger partial charge in [0.25, 0.3) is 0 Å². The van der Waals surface area contributed by atoms with Gasteiger partial charge in [0.05, 0.1) is 0 Å². The molecule has 0 unspecified atom stereocenters. The Labute approximate surface area is 171 Å². The molecule has 0 atom stereocenters. The molecule has 0 spiro atoms. The fraction of sp³-hybridized carbons (Fsp3) is 0.300. The summed E-state index contributed by atoms with van der Waals surface area (Å²) in [4.78, 5) is 18.4. The van der Waals surface area contributed by atoms with E-state index >= 15 is 0 Å².